The molecule has 0 saturated carbocycles. The van der Waals surface area contributed by atoms with Crippen LogP contribution in [0, 0.1) is 5.82 Å². The van der Waals surface area contributed by atoms with Gasteiger partial charge in [-0.15, -0.1) is 4.72 Å². The van der Waals surface area contributed by atoms with Gasteiger partial charge >= 0.3 is 5.97 Å². The van der Waals surface area contributed by atoms with E-state index >= 15 is 4.39 Å². The number of nitrogens with one attached hydrogen (secondary N) is 1. The molecule has 4 rings (SSSR count). The van der Waals surface area contributed by atoms with Crippen LogP contribution in [0.4, 0.5) is 4.39 Å². The Kier molecular flexibility index (Phi) is 8.84. The van der Waals surface area contributed by atoms with Crippen molar-refractivity contribution in [3.8, 4) is 11.3 Å². The summed E-state index contributed by atoms with van der Waals surface area (Å²) in [4.78, 5) is 17.2. The van der Waals surface area contributed by atoms with E-state index in [-0.39, 0.29) is 24.4 Å². The van der Waals surface area contributed by atoms with Crippen LogP contribution in [0.2, 0.25) is 19.6 Å². The van der Waals surface area contributed by atoms with E-state index in [1.165, 1.54) is 6.07 Å². The van der Waals surface area contributed by atoms with Crippen molar-refractivity contribution in [1.82, 2.24) is 14.9 Å². The second-order valence-corrected chi connectivity index (χ2v) is 18.7. The predicted molar refractivity (Wildman–Crippen MR) is 160 cm³/mol. The molecule has 0 aliphatic carbocycles. The maximum atomic E-state index is 16.1. The fourth-order valence-corrected chi connectivity index (χ4v) is 6.58. The van der Waals surface area contributed by atoms with E-state index in [2.05, 4.69) is 14.9 Å². The van der Waals surface area contributed by atoms with Crippen molar-refractivity contribution in [2.45, 2.75) is 64.5 Å². The lowest BCUT2D eigenvalue weighted by molar-refractivity contribution is 0.0519. The monoisotopic (exact) mass is 581 g/mol. The Morgan fingerprint density at radius 2 is 1.82 bits per heavy atom. The first-order chi connectivity index (χ1) is 18.8. The standard InChI is InChI=1S/C30H36FN3O4SSi/c1-8-37-29(35)24-18-26(40(5,6)7)27(31)23(32-24)17-22(34-39(36)30(2,3)4)19-13-9-10-14-20(19)28-21-15-11-12-16-25(21)38-33-28/h9-16,18,22,34H,8,17H2,1-7H3/t22-,39?/m0/s1. The number of carbonyl (C=O) groups excluding carboxylic acids is 1. The summed E-state index contributed by atoms with van der Waals surface area (Å²) in [6, 6.07) is 16.0. The number of aromatic nitrogens is 2. The third kappa shape index (κ3) is 6.46. The van der Waals surface area contributed by atoms with Crippen molar-refractivity contribution < 1.29 is 23.0 Å². The van der Waals surface area contributed by atoms with Gasteiger partial charge in [0.05, 0.1) is 26.4 Å². The average molecular weight is 582 g/mol. The Morgan fingerprint density at radius 1 is 1.15 bits per heavy atom. The van der Waals surface area contributed by atoms with Crippen molar-refractivity contribution in [2.24, 2.45) is 0 Å². The van der Waals surface area contributed by atoms with Gasteiger partial charge in [-0.2, -0.15) is 0 Å². The van der Waals surface area contributed by atoms with Crippen LogP contribution in [0.1, 0.15) is 55.5 Å². The van der Waals surface area contributed by atoms with Crippen LogP contribution in [-0.4, -0.2) is 40.1 Å². The number of halogens is 1. The van der Waals surface area contributed by atoms with E-state index in [1.54, 1.807) is 6.92 Å². The van der Waals surface area contributed by atoms with Gasteiger partial charge in [-0.25, -0.2) is 14.2 Å². The highest BCUT2D eigenvalue weighted by Crippen LogP contribution is 2.35. The fourth-order valence-electron chi connectivity index (χ4n) is 4.38. The molecule has 2 aromatic heterocycles. The molecule has 0 aliphatic rings. The highest BCUT2D eigenvalue weighted by molar-refractivity contribution is 7.90. The summed E-state index contributed by atoms with van der Waals surface area (Å²) in [6.45, 7) is 13.5. The third-order valence-electron chi connectivity index (χ3n) is 6.49. The molecule has 10 heteroatoms. The topological polar surface area (TPSA) is 100 Å². The summed E-state index contributed by atoms with van der Waals surface area (Å²) in [6.07, 6.45) is 0.0468. The van der Waals surface area contributed by atoms with Gasteiger partial charge in [-0.1, -0.05) is 61.2 Å². The third-order valence-corrected chi connectivity index (χ3v) is 10.1. The summed E-state index contributed by atoms with van der Waals surface area (Å²) < 4.78 is 43.0. The molecule has 40 heavy (non-hydrogen) atoms. The number of hydrogen-bond donors (Lipinski definition) is 1. The molecule has 0 radical (unpaired) electrons. The number of para-hydroxylation sites is 1. The molecule has 0 fully saturated rings. The Hall–Kier alpha value is -3.05. The normalized spacial score (nSPS) is 13.8. The minimum Gasteiger partial charge on any atom is -0.598 e. The first-order valence-corrected chi connectivity index (χ1v) is 17.9. The SMILES string of the molecule is CCOC(=O)c1cc([Si](C)(C)C)c(F)c(C[C@H](N[S+]([O-])C(C)(C)C)c2ccccc2-c2noc3ccccc23)n1. The molecule has 1 unspecified atom stereocenters. The minimum absolute atomic E-state index is 0.0468. The van der Waals surface area contributed by atoms with Crippen molar-refractivity contribution >= 4 is 41.6 Å². The zero-order valence-corrected chi connectivity index (χ0v) is 25.8. The van der Waals surface area contributed by atoms with Gasteiger partial charge in [0, 0.05) is 28.7 Å². The van der Waals surface area contributed by atoms with Crippen LogP contribution in [0.15, 0.2) is 59.1 Å². The molecule has 0 saturated heterocycles. The van der Waals surface area contributed by atoms with E-state index in [0.29, 0.717) is 16.5 Å². The Bertz CT molecular complexity index is 1510. The molecule has 0 spiro atoms. The lowest BCUT2D eigenvalue weighted by atomic mass is 9.94. The first kappa shape index (κ1) is 29.9. The van der Waals surface area contributed by atoms with E-state index in [4.69, 9.17) is 9.26 Å². The molecule has 7 nitrogen and oxygen atoms in total. The van der Waals surface area contributed by atoms with Gasteiger partial charge in [0.1, 0.15) is 22.0 Å². The van der Waals surface area contributed by atoms with Crippen molar-refractivity contribution in [2.75, 3.05) is 6.61 Å². The van der Waals surface area contributed by atoms with Gasteiger partial charge in [0.15, 0.2) is 5.58 Å². The molecule has 2 aromatic carbocycles. The highest BCUT2D eigenvalue weighted by Gasteiger charge is 2.34. The lowest BCUT2D eigenvalue weighted by Gasteiger charge is -2.29. The molecular formula is C30H36FN3O4SSi. The number of benzene rings is 2. The second kappa shape index (κ2) is 11.8. The van der Waals surface area contributed by atoms with Crippen LogP contribution >= 0.6 is 0 Å². The quantitative estimate of drug-likeness (QED) is 0.145. The van der Waals surface area contributed by atoms with Gasteiger partial charge in [0.2, 0.25) is 0 Å². The number of fused-ring (bicyclic) bond motifs is 1. The van der Waals surface area contributed by atoms with Gasteiger partial charge in [-0.05, 0) is 56.6 Å². The molecular weight excluding hydrogens is 545 g/mol. The Balaban J connectivity index is 1.88. The Labute approximate surface area is 238 Å². The van der Waals surface area contributed by atoms with Crippen LogP contribution < -0.4 is 9.91 Å². The zero-order valence-electron chi connectivity index (χ0n) is 24.0. The summed E-state index contributed by atoms with van der Waals surface area (Å²) in [5, 5.41) is 5.67. The summed E-state index contributed by atoms with van der Waals surface area (Å²) in [5.74, 6) is -1.04. The summed E-state index contributed by atoms with van der Waals surface area (Å²) in [7, 11) is -2.21. The number of nitrogens with zero attached hydrogens (tertiary/aromatic N) is 2. The predicted octanol–water partition coefficient (Wildman–Crippen LogP) is 6.09. The van der Waals surface area contributed by atoms with Crippen molar-refractivity contribution in [1.29, 1.82) is 0 Å². The summed E-state index contributed by atoms with van der Waals surface area (Å²) in [5.41, 5.74) is 2.99. The summed E-state index contributed by atoms with van der Waals surface area (Å²) >= 11 is -1.50. The van der Waals surface area contributed by atoms with Crippen molar-refractivity contribution in [3.05, 3.63) is 77.4 Å². The van der Waals surface area contributed by atoms with E-state index < -0.39 is 42.0 Å². The zero-order chi connectivity index (χ0) is 29.2. The largest absolute Gasteiger partial charge is 0.598 e. The number of ether oxygens (including phenoxy) is 1. The Morgan fingerprint density at radius 3 is 2.50 bits per heavy atom. The second-order valence-electron chi connectivity index (χ2n) is 11.7. The molecule has 1 N–H and O–H groups in total. The molecule has 212 valence electrons. The number of pyridine rings is 1. The van der Waals surface area contributed by atoms with Crippen LogP contribution in [0.25, 0.3) is 22.2 Å². The van der Waals surface area contributed by atoms with E-state index in [1.807, 2.05) is 88.9 Å². The molecule has 0 amide bonds. The molecule has 2 heterocycles. The molecule has 4 aromatic rings. The van der Waals surface area contributed by atoms with Crippen LogP contribution in [-0.2, 0) is 22.5 Å². The number of rotatable bonds is 9. The molecule has 0 bridgehead atoms. The van der Waals surface area contributed by atoms with Crippen LogP contribution in [0.3, 0.4) is 0 Å². The molecule has 2 atom stereocenters. The van der Waals surface area contributed by atoms with Crippen molar-refractivity contribution in [3.63, 3.8) is 0 Å². The van der Waals surface area contributed by atoms with E-state index in [0.717, 1.165) is 16.5 Å². The number of hydrogen-bond acceptors (Lipinski definition) is 7. The van der Waals surface area contributed by atoms with E-state index in [9.17, 15) is 9.35 Å². The lowest BCUT2D eigenvalue weighted by Crippen LogP contribution is -2.43. The smallest absolute Gasteiger partial charge is 0.356 e. The minimum atomic E-state index is -2.21. The maximum absolute atomic E-state index is 16.1. The van der Waals surface area contributed by atoms with Gasteiger partial charge < -0.3 is 13.8 Å². The maximum Gasteiger partial charge on any atom is 0.356 e. The van der Waals surface area contributed by atoms with Gasteiger partial charge in [-0.3, -0.25) is 0 Å². The fraction of sp³-hybridized carbons (Fsp3) is 0.367. The van der Waals surface area contributed by atoms with Crippen LogP contribution in [0.5, 0.6) is 0 Å². The average Bonchev–Trinajstić information content (AvgIpc) is 3.32. The number of esters is 1. The van der Waals surface area contributed by atoms with Gasteiger partial charge in [0.25, 0.3) is 0 Å². The first-order valence-electron chi connectivity index (χ1n) is 13.3. The molecule has 0 aliphatic heterocycles. The number of carbonyl (C=O) groups is 1. The highest BCUT2D eigenvalue weighted by atomic mass is 32.2.